The molecule has 1 nitrogen and oxygen atoms in total. The minimum Gasteiger partial charge on any atom is -0.301 e. The Labute approximate surface area is 105 Å². The van der Waals surface area contributed by atoms with E-state index in [1.807, 2.05) is 0 Å². The van der Waals surface area contributed by atoms with E-state index < -0.39 is 0 Å². The Balaban J connectivity index is 0.00000128. The van der Waals surface area contributed by atoms with Crippen molar-refractivity contribution in [1.29, 1.82) is 0 Å². The molecule has 2 rings (SSSR count). The maximum absolute atomic E-state index is 2.59. The van der Waals surface area contributed by atoms with Gasteiger partial charge in [-0.2, -0.15) is 0 Å². The summed E-state index contributed by atoms with van der Waals surface area (Å²) in [5.41, 5.74) is 3.14. The van der Waals surface area contributed by atoms with E-state index in [9.17, 15) is 0 Å². The van der Waals surface area contributed by atoms with Crippen LogP contribution in [-0.4, -0.2) is 24.0 Å². The van der Waals surface area contributed by atoms with Gasteiger partial charge in [-0.05, 0) is 43.5 Å². The first-order valence-corrected chi connectivity index (χ1v) is 6.16. The first kappa shape index (κ1) is 13.5. The molecule has 2 heteroatoms. The molecular formula is C14H22ClN. The lowest BCUT2D eigenvalue weighted by Crippen LogP contribution is -2.39. The van der Waals surface area contributed by atoms with Crippen molar-refractivity contribution in [2.75, 3.05) is 13.1 Å². The van der Waals surface area contributed by atoms with Crippen LogP contribution in [0.15, 0.2) is 24.3 Å². The Morgan fingerprint density at radius 2 is 1.75 bits per heavy atom. The minimum absolute atomic E-state index is 0. The quantitative estimate of drug-likeness (QED) is 0.783. The van der Waals surface area contributed by atoms with Crippen molar-refractivity contribution in [3.8, 4) is 0 Å². The van der Waals surface area contributed by atoms with Crippen LogP contribution in [0.3, 0.4) is 0 Å². The summed E-state index contributed by atoms with van der Waals surface area (Å²) in [4.78, 5) is 2.59. The van der Waals surface area contributed by atoms with E-state index in [4.69, 9.17) is 0 Å². The van der Waals surface area contributed by atoms with Gasteiger partial charge in [-0.1, -0.05) is 38.1 Å². The summed E-state index contributed by atoms with van der Waals surface area (Å²) in [5, 5.41) is 0. The van der Waals surface area contributed by atoms with E-state index in [0.717, 1.165) is 6.04 Å². The molecule has 1 aliphatic carbocycles. The van der Waals surface area contributed by atoms with Crippen LogP contribution < -0.4 is 0 Å². The molecule has 0 N–H and O–H groups in total. The van der Waals surface area contributed by atoms with Crippen molar-refractivity contribution in [2.24, 2.45) is 0 Å². The van der Waals surface area contributed by atoms with Gasteiger partial charge in [0.2, 0.25) is 0 Å². The van der Waals surface area contributed by atoms with Crippen molar-refractivity contribution in [2.45, 2.75) is 39.2 Å². The zero-order valence-electron chi connectivity index (χ0n) is 10.3. The Morgan fingerprint density at radius 3 is 2.38 bits per heavy atom. The van der Waals surface area contributed by atoms with E-state index in [1.54, 1.807) is 11.1 Å². The molecule has 1 aromatic rings. The molecule has 16 heavy (non-hydrogen) atoms. The summed E-state index contributed by atoms with van der Waals surface area (Å²) in [6.45, 7) is 6.90. The second-order valence-corrected chi connectivity index (χ2v) is 4.39. The van der Waals surface area contributed by atoms with Gasteiger partial charge in [0.1, 0.15) is 0 Å². The second kappa shape index (κ2) is 6.27. The number of aryl methyl sites for hydroxylation is 1. The molecule has 0 amide bonds. The van der Waals surface area contributed by atoms with Gasteiger partial charge >= 0.3 is 0 Å². The van der Waals surface area contributed by atoms with Crippen LogP contribution in [0.4, 0.5) is 0 Å². The van der Waals surface area contributed by atoms with Crippen LogP contribution in [0, 0.1) is 0 Å². The van der Waals surface area contributed by atoms with Crippen LogP contribution >= 0.6 is 12.4 Å². The standard InChI is InChI=1S/C14H21N.ClH/c1-3-15(4-2)14-10-9-12-7-5-6-8-13(12)11-14;/h5-8,14H,3-4,9-11H2,1-2H3;1H. The molecule has 0 radical (unpaired) electrons. The van der Waals surface area contributed by atoms with Crippen molar-refractivity contribution in [3.05, 3.63) is 35.4 Å². The van der Waals surface area contributed by atoms with Gasteiger partial charge in [0.25, 0.3) is 0 Å². The number of hydrogen-bond acceptors (Lipinski definition) is 1. The molecule has 0 fully saturated rings. The van der Waals surface area contributed by atoms with Crippen LogP contribution in [0.1, 0.15) is 31.4 Å². The average Bonchev–Trinajstić information content (AvgIpc) is 2.30. The third-order valence-corrected chi connectivity index (χ3v) is 3.65. The van der Waals surface area contributed by atoms with Crippen LogP contribution in [-0.2, 0) is 12.8 Å². The Hall–Kier alpha value is -0.530. The first-order chi connectivity index (χ1) is 7.35. The highest BCUT2D eigenvalue weighted by Crippen LogP contribution is 2.24. The van der Waals surface area contributed by atoms with Crippen LogP contribution in [0.25, 0.3) is 0 Å². The van der Waals surface area contributed by atoms with E-state index >= 15 is 0 Å². The Bertz CT molecular complexity index is 320. The molecule has 0 aromatic heterocycles. The number of fused-ring (bicyclic) bond motifs is 1. The SMILES string of the molecule is CCN(CC)C1CCc2ccccc2C1.Cl. The van der Waals surface area contributed by atoms with Crippen molar-refractivity contribution in [3.63, 3.8) is 0 Å². The molecule has 0 heterocycles. The van der Waals surface area contributed by atoms with Crippen molar-refractivity contribution >= 4 is 12.4 Å². The van der Waals surface area contributed by atoms with E-state index in [0.29, 0.717) is 0 Å². The summed E-state index contributed by atoms with van der Waals surface area (Å²) < 4.78 is 0. The number of nitrogens with zero attached hydrogens (tertiary/aromatic N) is 1. The fourth-order valence-electron chi connectivity index (χ4n) is 2.73. The Morgan fingerprint density at radius 1 is 1.12 bits per heavy atom. The summed E-state index contributed by atoms with van der Waals surface area (Å²) in [5.74, 6) is 0. The monoisotopic (exact) mass is 239 g/mol. The molecular weight excluding hydrogens is 218 g/mol. The van der Waals surface area contributed by atoms with Gasteiger partial charge in [0.05, 0.1) is 0 Å². The largest absolute Gasteiger partial charge is 0.301 e. The summed E-state index contributed by atoms with van der Waals surface area (Å²) in [6.07, 6.45) is 3.84. The highest BCUT2D eigenvalue weighted by atomic mass is 35.5. The van der Waals surface area contributed by atoms with Crippen LogP contribution in [0.5, 0.6) is 0 Å². The maximum atomic E-state index is 2.59. The zero-order valence-corrected chi connectivity index (χ0v) is 11.1. The van der Waals surface area contributed by atoms with Gasteiger partial charge in [-0.15, -0.1) is 12.4 Å². The van der Waals surface area contributed by atoms with Gasteiger partial charge in [0, 0.05) is 6.04 Å². The number of benzene rings is 1. The first-order valence-electron chi connectivity index (χ1n) is 6.16. The fraction of sp³-hybridized carbons (Fsp3) is 0.571. The number of likely N-dealkylation sites (N-methyl/N-ethyl adjacent to an activating group) is 1. The molecule has 1 atom stereocenters. The van der Waals surface area contributed by atoms with Gasteiger partial charge in [-0.25, -0.2) is 0 Å². The molecule has 1 aliphatic rings. The predicted octanol–water partition coefficient (Wildman–Crippen LogP) is 3.31. The summed E-state index contributed by atoms with van der Waals surface area (Å²) in [6, 6.07) is 9.69. The van der Waals surface area contributed by atoms with Gasteiger partial charge < -0.3 is 4.90 Å². The highest BCUT2D eigenvalue weighted by Gasteiger charge is 2.21. The van der Waals surface area contributed by atoms with Gasteiger partial charge in [0.15, 0.2) is 0 Å². The molecule has 1 unspecified atom stereocenters. The zero-order chi connectivity index (χ0) is 10.7. The normalized spacial score (nSPS) is 19.1. The van der Waals surface area contributed by atoms with Crippen molar-refractivity contribution in [1.82, 2.24) is 4.90 Å². The molecule has 0 aliphatic heterocycles. The van der Waals surface area contributed by atoms with E-state index in [-0.39, 0.29) is 12.4 Å². The minimum atomic E-state index is 0. The lowest BCUT2D eigenvalue weighted by molar-refractivity contribution is 0.199. The molecule has 0 saturated carbocycles. The highest BCUT2D eigenvalue weighted by molar-refractivity contribution is 5.85. The lowest BCUT2D eigenvalue weighted by Gasteiger charge is -2.33. The summed E-state index contributed by atoms with van der Waals surface area (Å²) >= 11 is 0. The fourth-order valence-corrected chi connectivity index (χ4v) is 2.73. The van der Waals surface area contributed by atoms with Crippen LogP contribution in [0.2, 0.25) is 0 Å². The lowest BCUT2D eigenvalue weighted by atomic mass is 9.87. The molecule has 90 valence electrons. The molecule has 0 bridgehead atoms. The number of hydrogen-bond donors (Lipinski definition) is 0. The topological polar surface area (TPSA) is 3.24 Å². The molecule has 1 aromatic carbocycles. The van der Waals surface area contributed by atoms with Gasteiger partial charge in [-0.3, -0.25) is 0 Å². The van der Waals surface area contributed by atoms with E-state index in [2.05, 4.69) is 43.0 Å². The second-order valence-electron chi connectivity index (χ2n) is 4.39. The smallest absolute Gasteiger partial charge is 0.0139 e. The predicted molar refractivity (Wildman–Crippen MR) is 72.4 cm³/mol. The Kier molecular flexibility index (Phi) is 5.30. The van der Waals surface area contributed by atoms with E-state index in [1.165, 1.54) is 32.4 Å². The average molecular weight is 240 g/mol. The number of rotatable bonds is 3. The molecule has 0 saturated heterocycles. The maximum Gasteiger partial charge on any atom is 0.0139 e. The summed E-state index contributed by atoms with van der Waals surface area (Å²) in [7, 11) is 0. The number of halogens is 1. The van der Waals surface area contributed by atoms with Crippen molar-refractivity contribution < 1.29 is 0 Å². The molecule has 0 spiro atoms. The third-order valence-electron chi connectivity index (χ3n) is 3.65. The third kappa shape index (κ3) is 2.78.